The van der Waals surface area contributed by atoms with Gasteiger partial charge in [0.25, 0.3) is 5.89 Å². The average Bonchev–Trinajstić information content (AvgIpc) is 2.87. The van der Waals surface area contributed by atoms with Gasteiger partial charge in [-0.2, -0.15) is 4.98 Å². The monoisotopic (exact) mass is 259 g/mol. The summed E-state index contributed by atoms with van der Waals surface area (Å²) in [7, 11) is 0. The summed E-state index contributed by atoms with van der Waals surface area (Å²) in [6.07, 6.45) is 3.34. The Kier molecular flexibility index (Phi) is 4.68. The Morgan fingerprint density at radius 2 is 2.05 bits per heavy atom. The molecule has 0 atom stereocenters. The Labute approximate surface area is 113 Å². The standard InChI is InChI=1S/C15H19N2O2/c1-11(2)6-5-8-12-7-3-4-9-13(12)15-16-14(10-18)19-17-15/h3-4,7,9,11H,5-6,8,10H2,1-2H3. The van der Waals surface area contributed by atoms with Crippen molar-refractivity contribution < 1.29 is 9.63 Å². The molecule has 1 aromatic heterocycles. The first-order valence-corrected chi connectivity index (χ1v) is 6.69. The van der Waals surface area contributed by atoms with E-state index in [9.17, 15) is 5.11 Å². The second-order valence-corrected chi connectivity index (χ2v) is 5.10. The van der Waals surface area contributed by atoms with E-state index in [0.717, 1.165) is 18.4 Å². The molecule has 4 nitrogen and oxygen atoms in total. The van der Waals surface area contributed by atoms with Crippen LogP contribution >= 0.6 is 0 Å². The highest BCUT2D eigenvalue weighted by atomic mass is 16.5. The van der Waals surface area contributed by atoms with Crippen LogP contribution in [0.5, 0.6) is 0 Å². The molecule has 0 spiro atoms. The van der Waals surface area contributed by atoms with Crippen LogP contribution in [0.3, 0.4) is 0 Å². The summed E-state index contributed by atoms with van der Waals surface area (Å²) < 4.78 is 4.89. The highest BCUT2D eigenvalue weighted by Crippen LogP contribution is 2.23. The molecule has 2 rings (SSSR count). The van der Waals surface area contributed by atoms with Crippen LogP contribution in [0.25, 0.3) is 11.4 Å². The number of hydrogen-bond donors (Lipinski definition) is 0. The summed E-state index contributed by atoms with van der Waals surface area (Å²) in [5, 5.41) is 14.6. The predicted molar refractivity (Wildman–Crippen MR) is 71.9 cm³/mol. The van der Waals surface area contributed by atoms with Crippen molar-refractivity contribution in [3.63, 3.8) is 0 Å². The van der Waals surface area contributed by atoms with Crippen molar-refractivity contribution in [3.8, 4) is 11.4 Å². The zero-order chi connectivity index (χ0) is 13.7. The SMILES string of the molecule is CC(C)CCCc1ccccc1-c1noc(C[O])n1. The largest absolute Gasteiger partial charge is 0.336 e. The summed E-state index contributed by atoms with van der Waals surface area (Å²) in [4.78, 5) is 4.11. The van der Waals surface area contributed by atoms with E-state index in [4.69, 9.17) is 4.52 Å². The molecule has 0 fully saturated rings. The maximum absolute atomic E-state index is 10.7. The van der Waals surface area contributed by atoms with Crippen LogP contribution in [-0.2, 0) is 18.1 Å². The number of benzene rings is 1. The highest BCUT2D eigenvalue weighted by molar-refractivity contribution is 5.59. The van der Waals surface area contributed by atoms with Gasteiger partial charge in [-0.3, -0.25) is 0 Å². The number of aryl methyl sites for hydroxylation is 1. The van der Waals surface area contributed by atoms with Crippen molar-refractivity contribution in [2.45, 2.75) is 39.7 Å². The molecular weight excluding hydrogens is 240 g/mol. The summed E-state index contributed by atoms with van der Waals surface area (Å²) >= 11 is 0. The molecule has 0 N–H and O–H groups in total. The van der Waals surface area contributed by atoms with Crippen molar-refractivity contribution in [3.05, 3.63) is 35.7 Å². The molecule has 0 saturated heterocycles. The molecular formula is C15H19N2O2. The van der Waals surface area contributed by atoms with Gasteiger partial charge in [0, 0.05) is 5.56 Å². The van der Waals surface area contributed by atoms with E-state index in [1.54, 1.807) is 0 Å². The van der Waals surface area contributed by atoms with Crippen molar-refractivity contribution in [1.29, 1.82) is 0 Å². The molecule has 0 bridgehead atoms. The Hall–Kier alpha value is -1.68. The zero-order valence-electron chi connectivity index (χ0n) is 11.4. The van der Waals surface area contributed by atoms with Crippen LogP contribution in [-0.4, -0.2) is 10.1 Å². The fraction of sp³-hybridized carbons (Fsp3) is 0.467. The normalized spacial score (nSPS) is 11.2. The van der Waals surface area contributed by atoms with Gasteiger partial charge in [-0.15, -0.1) is 0 Å². The van der Waals surface area contributed by atoms with Gasteiger partial charge >= 0.3 is 0 Å². The van der Waals surface area contributed by atoms with Crippen molar-refractivity contribution in [2.24, 2.45) is 5.92 Å². The number of nitrogens with zero attached hydrogens (tertiary/aromatic N) is 2. The van der Waals surface area contributed by atoms with Gasteiger partial charge in [-0.05, 0) is 24.3 Å². The van der Waals surface area contributed by atoms with Gasteiger partial charge in [0.15, 0.2) is 6.61 Å². The van der Waals surface area contributed by atoms with E-state index >= 15 is 0 Å². The summed E-state index contributed by atoms with van der Waals surface area (Å²) in [6, 6.07) is 8.03. The zero-order valence-corrected chi connectivity index (χ0v) is 11.4. The van der Waals surface area contributed by atoms with Crippen LogP contribution in [0, 0.1) is 5.92 Å². The van der Waals surface area contributed by atoms with E-state index in [-0.39, 0.29) is 5.89 Å². The lowest BCUT2D eigenvalue weighted by molar-refractivity contribution is 0.142. The molecule has 2 aromatic rings. The predicted octanol–water partition coefficient (Wildman–Crippen LogP) is 3.65. The van der Waals surface area contributed by atoms with Crippen LogP contribution in [0.1, 0.15) is 38.1 Å². The van der Waals surface area contributed by atoms with Gasteiger partial charge in [0.2, 0.25) is 5.82 Å². The van der Waals surface area contributed by atoms with Crippen LogP contribution in [0.2, 0.25) is 0 Å². The molecule has 1 aromatic carbocycles. The van der Waals surface area contributed by atoms with Gasteiger partial charge < -0.3 is 4.52 Å². The summed E-state index contributed by atoms with van der Waals surface area (Å²) in [5.41, 5.74) is 2.18. The maximum atomic E-state index is 10.7. The molecule has 1 radical (unpaired) electrons. The Morgan fingerprint density at radius 3 is 2.74 bits per heavy atom. The van der Waals surface area contributed by atoms with E-state index < -0.39 is 6.61 Å². The van der Waals surface area contributed by atoms with Crippen LogP contribution in [0.4, 0.5) is 0 Å². The average molecular weight is 259 g/mol. The van der Waals surface area contributed by atoms with Crippen molar-refractivity contribution in [1.82, 2.24) is 10.1 Å². The number of hydrogen-bond acceptors (Lipinski definition) is 3. The van der Waals surface area contributed by atoms with Gasteiger partial charge in [0.05, 0.1) is 0 Å². The first kappa shape index (κ1) is 13.7. The van der Waals surface area contributed by atoms with Gasteiger partial charge in [-0.25, -0.2) is 5.11 Å². The quantitative estimate of drug-likeness (QED) is 0.795. The third kappa shape index (κ3) is 3.64. The van der Waals surface area contributed by atoms with E-state index in [2.05, 4.69) is 30.1 Å². The minimum Gasteiger partial charge on any atom is -0.336 e. The minimum absolute atomic E-state index is 0.145. The third-order valence-electron chi connectivity index (χ3n) is 3.08. The first-order valence-electron chi connectivity index (χ1n) is 6.69. The topological polar surface area (TPSA) is 58.8 Å². The molecule has 0 aliphatic carbocycles. The minimum atomic E-state index is -0.470. The molecule has 19 heavy (non-hydrogen) atoms. The molecule has 0 unspecified atom stereocenters. The molecule has 0 amide bonds. The molecule has 0 aliphatic heterocycles. The molecule has 4 heteroatoms. The highest BCUT2D eigenvalue weighted by Gasteiger charge is 2.11. The molecule has 0 saturated carbocycles. The Morgan fingerprint density at radius 1 is 1.26 bits per heavy atom. The van der Waals surface area contributed by atoms with Gasteiger partial charge in [-0.1, -0.05) is 49.7 Å². The summed E-state index contributed by atoms with van der Waals surface area (Å²) in [5.74, 6) is 1.38. The Bertz CT molecular complexity index is 520. The lowest BCUT2D eigenvalue weighted by atomic mass is 9.98. The fourth-order valence-electron chi connectivity index (χ4n) is 2.08. The van der Waals surface area contributed by atoms with Crippen molar-refractivity contribution in [2.75, 3.05) is 0 Å². The smallest absolute Gasteiger partial charge is 0.256 e. The van der Waals surface area contributed by atoms with Crippen LogP contribution in [0.15, 0.2) is 28.8 Å². The lowest BCUT2D eigenvalue weighted by Crippen LogP contribution is -1.94. The van der Waals surface area contributed by atoms with Gasteiger partial charge in [0.1, 0.15) is 0 Å². The first-order chi connectivity index (χ1) is 9.20. The fourth-order valence-corrected chi connectivity index (χ4v) is 2.08. The summed E-state index contributed by atoms with van der Waals surface area (Å²) in [6.45, 7) is 3.99. The third-order valence-corrected chi connectivity index (χ3v) is 3.08. The van der Waals surface area contributed by atoms with E-state index in [0.29, 0.717) is 11.7 Å². The molecule has 1 heterocycles. The number of aromatic nitrogens is 2. The lowest BCUT2D eigenvalue weighted by Gasteiger charge is -2.07. The molecule has 0 aliphatic rings. The van der Waals surface area contributed by atoms with E-state index in [1.165, 1.54) is 12.0 Å². The Balaban J connectivity index is 2.15. The second-order valence-electron chi connectivity index (χ2n) is 5.10. The maximum Gasteiger partial charge on any atom is 0.256 e. The van der Waals surface area contributed by atoms with Crippen molar-refractivity contribution >= 4 is 0 Å². The van der Waals surface area contributed by atoms with E-state index in [1.807, 2.05) is 18.2 Å². The van der Waals surface area contributed by atoms with Crippen LogP contribution < -0.4 is 0 Å². The second kappa shape index (κ2) is 6.48. The molecule has 101 valence electrons. The number of rotatable bonds is 6.